The second-order valence-electron chi connectivity index (χ2n) is 6.40. The Morgan fingerprint density at radius 3 is 2.11 bits per heavy atom. The smallest absolute Gasteiger partial charge is 0.294 e. The molecule has 0 aromatic rings. The second kappa shape index (κ2) is 7.65. The molecule has 0 bridgehead atoms. The lowest BCUT2D eigenvalue weighted by Gasteiger charge is -2.34. The Labute approximate surface area is 115 Å². The van der Waals surface area contributed by atoms with E-state index in [1.807, 2.05) is 0 Å². The van der Waals surface area contributed by atoms with Crippen molar-refractivity contribution in [2.24, 2.45) is 5.41 Å². The summed E-state index contributed by atoms with van der Waals surface area (Å²) in [5.74, 6) is 0. The molecule has 0 aromatic heterocycles. The fourth-order valence-corrected chi connectivity index (χ4v) is 2.31. The number of hydrogen-bond acceptors (Lipinski definition) is 5. The minimum atomic E-state index is -0.719. The van der Waals surface area contributed by atoms with Crippen LogP contribution in [0.25, 0.3) is 0 Å². The Bertz CT molecular complexity index is 271. The molecule has 19 heavy (non-hydrogen) atoms. The van der Waals surface area contributed by atoms with E-state index in [1.54, 1.807) is 0 Å². The van der Waals surface area contributed by atoms with Gasteiger partial charge in [0.1, 0.15) is 6.61 Å². The van der Waals surface area contributed by atoms with E-state index in [1.165, 1.54) is 12.8 Å². The van der Waals surface area contributed by atoms with Crippen molar-refractivity contribution < 1.29 is 9.92 Å². The van der Waals surface area contributed by atoms with Crippen LogP contribution in [0.3, 0.4) is 0 Å². The van der Waals surface area contributed by atoms with Crippen LogP contribution < -0.4 is 0 Å². The molecule has 0 spiro atoms. The van der Waals surface area contributed by atoms with E-state index >= 15 is 0 Å². The number of rotatable bonds is 7. The van der Waals surface area contributed by atoms with Gasteiger partial charge < -0.3 is 9.74 Å². The molecule has 0 aliphatic carbocycles. The first kappa shape index (κ1) is 16.2. The topological polar surface area (TPSA) is 58.8 Å². The lowest BCUT2D eigenvalue weighted by Crippen LogP contribution is -2.47. The Hall–Kier alpha value is -0.880. The Morgan fingerprint density at radius 1 is 1.11 bits per heavy atom. The summed E-state index contributed by atoms with van der Waals surface area (Å²) in [6, 6.07) is 0. The largest absolute Gasteiger partial charge is 0.313 e. The summed E-state index contributed by atoms with van der Waals surface area (Å²) in [6.07, 6.45) is 2.50. The summed E-state index contributed by atoms with van der Waals surface area (Å²) in [7, 11) is 0. The maximum Gasteiger partial charge on any atom is 0.294 e. The molecule has 0 N–H and O–H groups in total. The first-order valence-electron chi connectivity index (χ1n) is 7.09. The molecule has 1 aliphatic heterocycles. The van der Waals surface area contributed by atoms with E-state index in [-0.39, 0.29) is 6.61 Å². The molecule has 0 radical (unpaired) electrons. The van der Waals surface area contributed by atoms with Crippen molar-refractivity contribution in [3.8, 4) is 0 Å². The van der Waals surface area contributed by atoms with Gasteiger partial charge in [-0.2, -0.15) is 0 Å². The highest BCUT2D eigenvalue weighted by Crippen LogP contribution is 2.20. The van der Waals surface area contributed by atoms with Crippen LogP contribution in [0.4, 0.5) is 0 Å². The highest BCUT2D eigenvalue weighted by molar-refractivity contribution is 4.72. The third-order valence-electron chi connectivity index (χ3n) is 3.47. The van der Waals surface area contributed by atoms with Crippen LogP contribution in [0, 0.1) is 15.5 Å². The second-order valence-corrected chi connectivity index (χ2v) is 6.40. The summed E-state index contributed by atoms with van der Waals surface area (Å²) in [6.45, 7) is 12.9. The van der Waals surface area contributed by atoms with Crippen LogP contribution in [0.1, 0.15) is 33.6 Å². The SMILES string of the molecule is CC(C)(C)CCCN1CCN(CCO[N+](=O)[O-])CC1. The van der Waals surface area contributed by atoms with Gasteiger partial charge in [0.15, 0.2) is 0 Å². The minimum Gasteiger partial charge on any atom is -0.313 e. The fourth-order valence-electron chi connectivity index (χ4n) is 2.31. The number of nitrogens with zero attached hydrogens (tertiary/aromatic N) is 3. The monoisotopic (exact) mass is 273 g/mol. The van der Waals surface area contributed by atoms with Crippen LogP contribution in [0.5, 0.6) is 0 Å². The summed E-state index contributed by atoms with van der Waals surface area (Å²) >= 11 is 0. The highest BCUT2D eigenvalue weighted by atomic mass is 16.9. The van der Waals surface area contributed by atoms with Gasteiger partial charge in [0.05, 0.1) is 0 Å². The van der Waals surface area contributed by atoms with Crippen molar-refractivity contribution in [1.82, 2.24) is 9.80 Å². The van der Waals surface area contributed by atoms with E-state index in [0.29, 0.717) is 12.0 Å². The molecule has 1 aliphatic rings. The standard InChI is InChI=1S/C13H27N3O3/c1-13(2,3)5-4-6-14-7-9-15(10-8-14)11-12-19-16(17)18/h4-12H2,1-3H3. The molecular formula is C13H27N3O3. The van der Waals surface area contributed by atoms with Crippen LogP contribution >= 0.6 is 0 Å². The molecular weight excluding hydrogens is 246 g/mol. The van der Waals surface area contributed by atoms with Gasteiger partial charge in [-0.1, -0.05) is 20.8 Å². The quantitative estimate of drug-likeness (QED) is 0.521. The summed E-state index contributed by atoms with van der Waals surface area (Å²) in [5.41, 5.74) is 0.418. The van der Waals surface area contributed by atoms with Crippen LogP contribution in [0.15, 0.2) is 0 Å². The van der Waals surface area contributed by atoms with E-state index in [2.05, 4.69) is 35.4 Å². The van der Waals surface area contributed by atoms with Crippen LogP contribution in [0.2, 0.25) is 0 Å². The zero-order chi connectivity index (χ0) is 14.3. The molecule has 0 amide bonds. The van der Waals surface area contributed by atoms with Crippen molar-refractivity contribution >= 4 is 0 Å². The molecule has 0 unspecified atom stereocenters. The first-order valence-corrected chi connectivity index (χ1v) is 7.09. The lowest BCUT2D eigenvalue weighted by molar-refractivity contribution is -0.757. The van der Waals surface area contributed by atoms with E-state index < -0.39 is 5.09 Å². The highest BCUT2D eigenvalue weighted by Gasteiger charge is 2.17. The van der Waals surface area contributed by atoms with Gasteiger partial charge in [0.25, 0.3) is 5.09 Å². The van der Waals surface area contributed by atoms with E-state index in [4.69, 9.17) is 0 Å². The summed E-state index contributed by atoms with van der Waals surface area (Å²) < 4.78 is 0. The Morgan fingerprint density at radius 2 is 1.63 bits per heavy atom. The molecule has 1 fully saturated rings. The first-order chi connectivity index (χ1) is 8.87. The van der Waals surface area contributed by atoms with Gasteiger partial charge in [-0.25, -0.2) is 0 Å². The molecule has 0 atom stereocenters. The maximum atomic E-state index is 10.0. The Balaban J connectivity index is 2.07. The van der Waals surface area contributed by atoms with Gasteiger partial charge in [0.2, 0.25) is 0 Å². The zero-order valence-electron chi connectivity index (χ0n) is 12.4. The molecule has 0 aromatic carbocycles. The van der Waals surface area contributed by atoms with Crippen molar-refractivity contribution in [3.63, 3.8) is 0 Å². The van der Waals surface area contributed by atoms with Gasteiger partial charge in [0, 0.05) is 32.7 Å². The number of hydrogen-bond donors (Lipinski definition) is 0. The van der Waals surface area contributed by atoms with Gasteiger partial charge in [-0.15, -0.1) is 10.1 Å². The fraction of sp³-hybridized carbons (Fsp3) is 1.00. The predicted molar refractivity (Wildman–Crippen MR) is 74.5 cm³/mol. The molecule has 1 saturated heterocycles. The average Bonchev–Trinajstić information content (AvgIpc) is 2.29. The molecule has 0 saturated carbocycles. The van der Waals surface area contributed by atoms with Gasteiger partial charge in [-0.05, 0) is 24.8 Å². The average molecular weight is 273 g/mol. The molecule has 6 heteroatoms. The van der Waals surface area contributed by atoms with Gasteiger partial charge >= 0.3 is 0 Å². The molecule has 6 nitrogen and oxygen atoms in total. The normalized spacial score (nSPS) is 18.5. The predicted octanol–water partition coefficient (Wildman–Crippen LogP) is 1.64. The number of piperazine rings is 1. The molecule has 1 rings (SSSR count). The summed E-state index contributed by atoms with van der Waals surface area (Å²) in [4.78, 5) is 19.1. The van der Waals surface area contributed by atoms with Crippen LogP contribution in [-0.2, 0) is 4.84 Å². The van der Waals surface area contributed by atoms with Crippen LogP contribution in [-0.4, -0.2) is 60.8 Å². The van der Waals surface area contributed by atoms with Crippen molar-refractivity contribution in [2.75, 3.05) is 45.9 Å². The van der Waals surface area contributed by atoms with E-state index in [0.717, 1.165) is 32.7 Å². The van der Waals surface area contributed by atoms with Crippen molar-refractivity contribution in [1.29, 1.82) is 0 Å². The Kier molecular flexibility index (Phi) is 6.51. The third kappa shape index (κ3) is 8.00. The minimum absolute atomic E-state index is 0.178. The van der Waals surface area contributed by atoms with Crippen molar-refractivity contribution in [3.05, 3.63) is 10.1 Å². The summed E-state index contributed by atoms with van der Waals surface area (Å²) in [5, 5.41) is 9.33. The maximum absolute atomic E-state index is 10.0. The zero-order valence-corrected chi connectivity index (χ0v) is 12.4. The third-order valence-corrected chi connectivity index (χ3v) is 3.47. The lowest BCUT2D eigenvalue weighted by atomic mass is 9.90. The molecule has 112 valence electrons. The van der Waals surface area contributed by atoms with E-state index in [9.17, 15) is 10.1 Å². The van der Waals surface area contributed by atoms with Gasteiger partial charge in [-0.3, -0.25) is 4.90 Å². The molecule has 1 heterocycles. The van der Waals surface area contributed by atoms with Crippen molar-refractivity contribution in [2.45, 2.75) is 33.6 Å².